The molecule has 5 N–H and O–H groups in total. The molecule has 0 aliphatic heterocycles. The quantitative estimate of drug-likeness (QED) is 0.367. The number of aromatic hydroxyl groups is 1. The number of azo groups is 1. The SMILES string of the molecule is Cc1c(C#N)c(O)[nH]c(=O)c1N=Nc1ccc(S(=O)(=O)O)c(N)c1. The molecule has 0 amide bonds. The highest BCUT2D eigenvalue weighted by molar-refractivity contribution is 7.86. The lowest BCUT2D eigenvalue weighted by Gasteiger charge is -2.04. The Balaban J connectivity index is 2.49. The molecule has 1 heterocycles. The van der Waals surface area contributed by atoms with Crippen LogP contribution < -0.4 is 11.3 Å². The van der Waals surface area contributed by atoms with Crippen molar-refractivity contribution >= 4 is 27.2 Å². The summed E-state index contributed by atoms with van der Waals surface area (Å²) in [5, 5.41) is 25.9. The van der Waals surface area contributed by atoms with E-state index < -0.39 is 26.5 Å². The Morgan fingerprint density at radius 1 is 1.33 bits per heavy atom. The molecule has 11 heteroatoms. The smallest absolute Gasteiger partial charge is 0.296 e. The van der Waals surface area contributed by atoms with Gasteiger partial charge in [0.05, 0.1) is 11.4 Å². The van der Waals surface area contributed by atoms with Crippen LogP contribution in [0, 0.1) is 18.3 Å². The summed E-state index contributed by atoms with van der Waals surface area (Å²) >= 11 is 0. The van der Waals surface area contributed by atoms with Gasteiger partial charge in [0, 0.05) is 5.56 Å². The average molecular weight is 349 g/mol. The summed E-state index contributed by atoms with van der Waals surface area (Å²) in [5.74, 6) is -0.569. The molecule has 0 saturated heterocycles. The van der Waals surface area contributed by atoms with Gasteiger partial charge in [0.1, 0.15) is 16.5 Å². The Kier molecular flexibility index (Phi) is 4.36. The number of hydrogen-bond donors (Lipinski definition) is 4. The van der Waals surface area contributed by atoms with Crippen molar-refractivity contribution in [3.05, 3.63) is 39.7 Å². The van der Waals surface area contributed by atoms with Crippen molar-refractivity contribution in [2.75, 3.05) is 5.73 Å². The van der Waals surface area contributed by atoms with Gasteiger partial charge in [-0.1, -0.05) is 0 Å². The minimum atomic E-state index is -4.46. The van der Waals surface area contributed by atoms with Crippen molar-refractivity contribution in [3.63, 3.8) is 0 Å². The molecule has 0 aliphatic carbocycles. The van der Waals surface area contributed by atoms with Crippen molar-refractivity contribution in [3.8, 4) is 11.9 Å². The molecule has 2 aromatic rings. The van der Waals surface area contributed by atoms with Crippen molar-refractivity contribution in [1.82, 2.24) is 4.98 Å². The zero-order chi connectivity index (χ0) is 18.1. The van der Waals surface area contributed by atoms with E-state index in [1.807, 2.05) is 0 Å². The van der Waals surface area contributed by atoms with E-state index in [0.717, 1.165) is 12.1 Å². The standard InChI is InChI=1S/C13H11N5O5S/c1-6-8(5-14)12(19)16-13(20)11(6)18-17-7-2-3-10(9(15)4-7)24(21,22)23/h2-4H,15H2,1H3,(H2,16,19,20)(H,21,22,23). The van der Waals surface area contributed by atoms with Gasteiger partial charge in [-0.2, -0.15) is 18.8 Å². The summed E-state index contributed by atoms with van der Waals surface area (Å²) in [5.41, 5.74) is 4.42. The molecule has 0 fully saturated rings. The third kappa shape index (κ3) is 3.24. The number of rotatable bonds is 3. The average Bonchev–Trinajstić information content (AvgIpc) is 2.45. The third-order valence-corrected chi connectivity index (χ3v) is 3.99. The summed E-state index contributed by atoms with van der Waals surface area (Å²) in [6, 6.07) is 5.12. The summed E-state index contributed by atoms with van der Waals surface area (Å²) < 4.78 is 31.1. The predicted octanol–water partition coefficient (Wildman–Crippen LogP) is 1.50. The normalized spacial score (nSPS) is 11.5. The number of pyridine rings is 1. The van der Waals surface area contributed by atoms with E-state index in [2.05, 4.69) is 15.2 Å². The third-order valence-electron chi connectivity index (χ3n) is 3.06. The number of hydrogen-bond acceptors (Lipinski definition) is 8. The Hall–Kier alpha value is -3.23. The van der Waals surface area contributed by atoms with Crippen molar-refractivity contribution in [1.29, 1.82) is 5.26 Å². The van der Waals surface area contributed by atoms with E-state index in [4.69, 9.17) is 15.5 Å². The van der Waals surface area contributed by atoms with E-state index in [1.165, 1.54) is 13.0 Å². The van der Waals surface area contributed by atoms with Crippen LogP contribution in [0.2, 0.25) is 0 Å². The van der Waals surface area contributed by atoms with Crippen LogP contribution in [0.15, 0.2) is 38.1 Å². The van der Waals surface area contributed by atoms with Crippen LogP contribution in [-0.4, -0.2) is 23.1 Å². The van der Waals surface area contributed by atoms with Crippen LogP contribution in [0.25, 0.3) is 0 Å². The lowest BCUT2D eigenvalue weighted by Crippen LogP contribution is -2.08. The number of benzene rings is 1. The minimum Gasteiger partial charge on any atom is -0.494 e. The number of nitrogens with one attached hydrogen (secondary N) is 1. The van der Waals surface area contributed by atoms with Crippen LogP contribution in [0.4, 0.5) is 17.1 Å². The number of nitrogen functional groups attached to an aromatic ring is 1. The van der Waals surface area contributed by atoms with Crippen molar-refractivity contribution in [2.24, 2.45) is 10.2 Å². The largest absolute Gasteiger partial charge is 0.494 e. The second-order valence-corrected chi connectivity index (χ2v) is 6.05. The number of nitrogens with zero attached hydrogens (tertiary/aromatic N) is 3. The predicted molar refractivity (Wildman–Crippen MR) is 83.0 cm³/mol. The first-order chi connectivity index (χ1) is 11.1. The molecule has 0 atom stereocenters. The van der Waals surface area contributed by atoms with E-state index in [-0.39, 0.29) is 28.2 Å². The molecule has 0 spiro atoms. The zero-order valence-electron chi connectivity index (χ0n) is 12.2. The molecule has 10 nitrogen and oxygen atoms in total. The maximum absolute atomic E-state index is 11.8. The fourth-order valence-electron chi connectivity index (χ4n) is 1.89. The molecular formula is C13H11N5O5S. The number of H-pyrrole nitrogens is 1. The fourth-order valence-corrected chi connectivity index (χ4v) is 2.49. The Labute approximate surface area is 135 Å². The van der Waals surface area contributed by atoms with E-state index in [9.17, 15) is 18.3 Å². The Bertz CT molecular complexity index is 1050. The molecule has 1 aromatic carbocycles. The molecular weight excluding hydrogens is 338 g/mol. The van der Waals surface area contributed by atoms with Crippen LogP contribution in [0.1, 0.15) is 11.1 Å². The molecule has 24 heavy (non-hydrogen) atoms. The van der Waals surface area contributed by atoms with Crippen LogP contribution >= 0.6 is 0 Å². The van der Waals surface area contributed by atoms with Gasteiger partial charge in [0.2, 0.25) is 5.88 Å². The number of nitrogens with two attached hydrogens (primary N) is 1. The molecule has 2 rings (SSSR count). The lowest BCUT2D eigenvalue weighted by atomic mass is 10.1. The van der Waals surface area contributed by atoms with Crippen LogP contribution in [-0.2, 0) is 10.1 Å². The fraction of sp³-hybridized carbons (Fsp3) is 0.0769. The van der Waals surface area contributed by atoms with Gasteiger partial charge in [-0.05, 0) is 25.1 Å². The van der Waals surface area contributed by atoms with E-state index >= 15 is 0 Å². The first-order valence-corrected chi connectivity index (χ1v) is 7.74. The number of nitriles is 1. The summed E-state index contributed by atoms with van der Waals surface area (Å²) in [6.45, 7) is 1.41. The van der Waals surface area contributed by atoms with Gasteiger partial charge < -0.3 is 10.8 Å². The number of aromatic nitrogens is 1. The van der Waals surface area contributed by atoms with Gasteiger partial charge in [-0.15, -0.1) is 5.11 Å². The van der Waals surface area contributed by atoms with Crippen molar-refractivity contribution < 1.29 is 18.1 Å². The molecule has 0 unspecified atom stereocenters. The first-order valence-electron chi connectivity index (χ1n) is 6.30. The minimum absolute atomic E-state index is 0.116. The number of aromatic amines is 1. The summed E-state index contributed by atoms with van der Waals surface area (Å²) in [4.78, 5) is 13.4. The summed E-state index contributed by atoms with van der Waals surface area (Å²) in [7, 11) is -4.46. The maximum atomic E-state index is 11.8. The molecule has 124 valence electrons. The molecule has 0 aliphatic rings. The van der Waals surface area contributed by atoms with Gasteiger partial charge >= 0.3 is 0 Å². The Morgan fingerprint density at radius 2 is 2.00 bits per heavy atom. The Morgan fingerprint density at radius 3 is 2.54 bits per heavy atom. The molecule has 1 aromatic heterocycles. The van der Waals surface area contributed by atoms with Crippen molar-refractivity contribution in [2.45, 2.75) is 11.8 Å². The van der Waals surface area contributed by atoms with Gasteiger partial charge in [-0.25, -0.2) is 0 Å². The van der Waals surface area contributed by atoms with Gasteiger partial charge in [0.25, 0.3) is 15.7 Å². The van der Waals surface area contributed by atoms with Gasteiger partial charge in [-0.3, -0.25) is 14.3 Å². The number of anilines is 1. The lowest BCUT2D eigenvalue weighted by molar-refractivity contribution is 0.449. The second kappa shape index (κ2) is 6.11. The molecule has 0 bridgehead atoms. The highest BCUT2D eigenvalue weighted by atomic mass is 32.2. The molecule has 0 radical (unpaired) electrons. The van der Waals surface area contributed by atoms with E-state index in [0.29, 0.717) is 0 Å². The first kappa shape index (κ1) is 17.1. The maximum Gasteiger partial charge on any atom is 0.296 e. The van der Waals surface area contributed by atoms with Gasteiger partial charge in [0.15, 0.2) is 5.69 Å². The van der Waals surface area contributed by atoms with E-state index in [1.54, 1.807) is 6.07 Å². The zero-order valence-corrected chi connectivity index (χ0v) is 13.0. The topological polar surface area (TPSA) is 182 Å². The summed E-state index contributed by atoms with van der Waals surface area (Å²) in [6.07, 6.45) is 0. The van der Waals surface area contributed by atoms with Crippen LogP contribution in [0.5, 0.6) is 5.88 Å². The highest BCUT2D eigenvalue weighted by Crippen LogP contribution is 2.27. The monoisotopic (exact) mass is 349 g/mol. The molecule has 0 saturated carbocycles. The highest BCUT2D eigenvalue weighted by Gasteiger charge is 2.15. The van der Waals surface area contributed by atoms with Crippen LogP contribution in [0.3, 0.4) is 0 Å². The second-order valence-electron chi connectivity index (χ2n) is 4.66.